The number of likely N-dealkylation sites (tertiary alicyclic amines) is 1. The maximum atomic E-state index is 13.9. The highest BCUT2D eigenvalue weighted by atomic mass is 32.2. The molecule has 4 rings (SSSR count). The van der Waals surface area contributed by atoms with Crippen molar-refractivity contribution in [3.8, 4) is 0 Å². The monoisotopic (exact) mass is 597 g/mol. The first kappa shape index (κ1) is 31.8. The number of carboxylic acids is 2. The Hall–Kier alpha value is -3.75. The van der Waals surface area contributed by atoms with Crippen molar-refractivity contribution >= 4 is 27.9 Å². The zero-order valence-electron chi connectivity index (χ0n) is 22.0. The topological polar surface area (TPSA) is 158 Å². The summed E-state index contributed by atoms with van der Waals surface area (Å²) in [6, 6.07) is 6.84. The lowest BCUT2D eigenvalue weighted by molar-refractivity contribution is -0.134. The summed E-state index contributed by atoms with van der Waals surface area (Å²) >= 11 is 0. The van der Waals surface area contributed by atoms with Crippen molar-refractivity contribution in [2.45, 2.75) is 43.2 Å². The molecule has 0 saturated carbocycles. The molecule has 2 aliphatic heterocycles. The van der Waals surface area contributed by atoms with E-state index in [1.807, 2.05) is 6.92 Å². The average molecular weight is 598 g/mol. The van der Waals surface area contributed by atoms with Crippen LogP contribution in [0.3, 0.4) is 0 Å². The number of halogens is 3. The molecule has 41 heavy (non-hydrogen) atoms. The predicted molar refractivity (Wildman–Crippen MR) is 141 cm³/mol. The van der Waals surface area contributed by atoms with E-state index in [1.165, 1.54) is 4.31 Å². The highest BCUT2D eigenvalue weighted by Crippen LogP contribution is 2.35. The molecule has 2 aliphatic rings. The number of hydrogen-bond donors (Lipinski definition) is 3. The summed E-state index contributed by atoms with van der Waals surface area (Å²) in [6.07, 6.45) is 1.57. The Bertz CT molecular complexity index is 1420. The molecule has 1 amide bonds. The minimum atomic E-state index is -3.66. The van der Waals surface area contributed by atoms with Gasteiger partial charge in [0.25, 0.3) is 0 Å². The van der Waals surface area contributed by atoms with Crippen molar-refractivity contribution in [3.63, 3.8) is 0 Å². The quantitative estimate of drug-likeness (QED) is 0.309. The van der Waals surface area contributed by atoms with Gasteiger partial charge in [0.05, 0.1) is 4.90 Å². The first-order valence-corrected chi connectivity index (χ1v) is 14.0. The van der Waals surface area contributed by atoms with Crippen LogP contribution in [0.4, 0.5) is 13.2 Å². The molecule has 2 heterocycles. The maximum Gasteiger partial charge on any atom is 0.328 e. The minimum absolute atomic E-state index is 0.0361. The molecular formula is C27H30F3N3O7S. The number of nitrogens with zero attached hydrogens (tertiary/aromatic N) is 2. The van der Waals surface area contributed by atoms with E-state index in [0.717, 1.165) is 11.6 Å². The van der Waals surface area contributed by atoms with Gasteiger partial charge in [0.1, 0.15) is 5.82 Å². The molecule has 1 unspecified atom stereocenters. The summed E-state index contributed by atoms with van der Waals surface area (Å²) in [5, 5.41) is 15.6. The van der Waals surface area contributed by atoms with Gasteiger partial charge in [-0.1, -0.05) is 17.7 Å². The fourth-order valence-electron chi connectivity index (χ4n) is 4.85. The van der Waals surface area contributed by atoms with Crippen molar-refractivity contribution in [1.29, 1.82) is 0 Å². The molecule has 10 nitrogen and oxygen atoms in total. The third-order valence-corrected chi connectivity index (χ3v) is 8.72. The number of amides is 1. The number of nitrogens with two attached hydrogens (primary N) is 1. The minimum Gasteiger partial charge on any atom is -0.478 e. The summed E-state index contributed by atoms with van der Waals surface area (Å²) in [4.78, 5) is 33.9. The average Bonchev–Trinajstić information content (AvgIpc) is 3.48. The molecule has 2 fully saturated rings. The summed E-state index contributed by atoms with van der Waals surface area (Å²) in [5.41, 5.74) is 6.89. The lowest BCUT2D eigenvalue weighted by Crippen LogP contribution is -2.43. The van der Waals surface area contributed by atoms with E-state index in [9.17, 15) is 36.0 Å². The number of rotatable bonds is 8. The van der Waals surface area contributed by atoms with Crippen molar-refractivity contribution in [3.05, 3.63) is 77.1 Å². The van der Waals surface area contributed by atoms with Crippen LogP contribution in [0.2, 0.25) is 0 Å². The van der Waals surface area contributed by atoms with Crippen molar-refractivity contribution in [2.75, 3.05) is 19.6 Å². The van der Waals surface area contributed by atoms with Crippen molar-refractivity contribution in [2.24, 2.45) is 11.7 Å². The SMILES string of the molecule is Cc1ccc(S(=O)(=O)N2C[C@@H]3CCN(C(=O)CC(N)Cc4cc(F)c(F)cc4F)[C@@H]3C2)cc1.O=C(O)C=CC(=O)O. The van der Waals surface area contributed by atoms with Crippen LogP contribution in [0.5, 0.6) is 0 Å². The van der Waals surface area contributed by atoms with Crippen LogP contribution in [0.25, 0.3) is 0 Å². The number of fused-ring (bicyclic) bond motifs is 1. The van der Waals surface area contributed by atoms with Crippen LogP contribution in [-0.2, 0) is 30.8 Å². The molecule has 0 aromatic heterocycles. The highest BCUT2D eigenvalue weighted by molar-refractivity contribution is 7.89. The Kier molecular flexibility index (Phi) is 10.3. The largest absolute Gasteiger partial charge is 0.478 e. The van der Waals surface area contributed by atoms with Crippen LogP contribution in [0.15, 0.2) is 53.4 Å². The van der Waals surface area contributed by atoms with Gasteiger partial charge in [-0.2, -0.15) is 4.31 Å². The van der Waals surface area contributed by atoms with Crippen molar-refractivity contribution < 1.29 is 46.2 Å². The summed E-state index contributed by atoms with van der Waals surface area (Å²) in [5.74, 6) is -6.10. The van der Waals surface area contributed by atoms with E-state index in [-0.39, 0.29) is 47.7 Å². The molecule has 222 valence electrons. The van der Waals surface area contributed by atoms with E-state index >= 15 is 0 Å². The van der Waals surface area contributed by atoms with E-state index in [0.29, 0.717) is 37.7 Å². The zero-order valence-corrected chi connectivity index (χ0v) is 22.9. The highest BCUT2D eigenvalue weighted by Gasteiger charge is 2.46. The van der Waals surface area contributed by atoms with Gasteiger partial charge in [-0.25, -0.2) is 31.2 Å². The van der Waals surface area contributed by atoms with Gasteiger partial charge in [0.2, 0.25) is 15.9 Å². The normalized spacial score (nSPS) is 19.5. The van der Waals surface area contributed by atoms with E-state index in [1.54, 1.807) is 29.2 Å². The van der Waals surface area contributed by atoms with Gasteiger partial charge in [0, 0.05) is 56.4 Å². The second-order valence-corrected chi connectivity index (χ2v) is 11.8. The number of hydrogen-bond acceptors (Lipinski definition) is 6. The van der Waals surface area contributed by atoms with Gasteiger partial charge in [0.15, 0.2) is 11.6 Å². The molecule has 3 atom stereocenters. The molecule has 0 spiro atoms. The lowest BCUT2D eigenvalue weighted by atomic mass is 10.0. The number of aliphatic carboxylic acids is 2. The third-order valence-electron chi connectivity index (χ3n) is 6.87. The van der Waals surface area contributed by atoms with Crippen LogP contribution < -0.4 is 5.73 Å². The van der Waals surface area contributed by atoms with Crippen LogP contribution in [-0.4, -0.2) is 77.4 Å². The number of carbonyl (C=O) groups is 3. The first-order chi connectivity index (χ1) is 19.2. The zero-order chi connectivity index (χ0) is 30.5. The van der Waals surface area contributed by atoms with Gasteiger partial charge < -0.3 is 20.8 Å². The molecule has 2 saturated heterocycles. The second kappa shape index (κ2) is 13.3. The molecule has 14 heteroatoms. The van der Waals surface area contributed by atoms with Gasteiger partial charge >= 0.3 is 11.9 Å². The summed E-state index contributed by atoms with van der Waals surface area (Å²) < 4.78 is 67.9. The molecule has 0 bridgehead atoms. The van der Waals surface area contributed by atoms with Gasteiger partial charge in [-0.05, 0) is 49.4 Å². The van der Waals surface area contributed by atoms with Gasteiger partial charge in [-0.15, -0.1) is 0 Å². The molecule has 4 N–H and O–H groups in total. The number of carbonyl (C=O) groups excluding carboxylic acids is 1. The third kappa shape index (κ3) is 8.15. The van der Waals surface area contributed by atoms with Crippen LogP contribution in [0, 0.1) is 30.3 Å². The molecule has 2 aromatic rings. The standard InChI is InChI=1S/C23H26F3N3O3S.C4H4O4/c1-14-2-4-18(5-3-14)33(31,32)28-12-15-6-7-29(22(15)13-28)23(30)10-17(27)8-16-9-20(25)21(26)11-19(16)24;5-3(6)1-2-4(7)8/h2-5,9,11,15,17,22H,6-8,10,12-13,27H2,1H3;1-2H,(H,5,6)(H,7,8)/t15-,17?,22+;/m0./s1. The number of carboxylic acid groups (broad SMARTS) is 2. The Morgan fingerprint density at radius 1 is 1.00 bits per heavy atom. The molecule has 2 aromatic carbocycles. The Balaban J connectivity index is 0.000000507. The molecular weight excluding hydrogens is 567 g/mol. The summed E-state index contributed by atoms with van der Waals surface area (Å²) in [6.45, 7) is 2.93. The van der Waals surface area contributed by atoms with E-state index < -0.39 is 45.5 Å². The van der Waals surface area contributed by atoms with E-state index in [2.05, 4.69) is 0 Å². The Labute approximate surface area is 234 Å². The Morgan fingerprint density at radius 2 is 1.59 bits per heavy atom. The number of sulfonamides is 1. The number of benzene rings is 2. The fourth-order valence-corrected chi connectivity index (χ4v) is 6.36. The maximum absolute atomic E-state index is 13.9. The second-order valence-electron chi connectivity index (χ2n) is 9.87. The van der Waals surface area contributed by atoms with Crippen LogP contribution in [0.1, 0.15) is 24.0 Å². The van der Waals surface area contributed by atoms with E-state index in [4.69, 9.17) is 15.9 Å². The van der Waals surface area contributed by atoms with Crippen LogP contribution >= 0.6 is 0 Å². The predicted octanol–water partition coefficient (Wildman–Crippen LogP) is 2.31. The van der Waals surface area contributed by atoms with Gasteiger partial charge in [-0.3, -0.25) is 4.79 Å². The summed E-state index contributed by atoms with van der Waals surface area (Å²) in [7, 11) is -3.66. The number of aryl methyl sites for hydroxylation is 1. The molecule has 0 radical (unpaired) electrons. The lowest BCUT2D eigenvalue weighted by Gasteiger charge is -2.26. The Morgan fingerprint density at radius 3 is 2.17 bits per heavy atom. The fraction of sp³-hybridized carbons (Fsp3) is 0.370. The smallest absolute Gasteiger partial charge is 0.328 e. The first-order valence-electron chi connectivity index (χ1n) is 12.6. The molecule has 0 aliphatic carbocycles. The van der Waals surface area contributed by atoms with Crippen molar-refractivity contribution in [1.82, 2.24) is 9.21 Å².